The van der Waals surface area contributed by atoms with Crippen LogP contribution in [0.1, 0.15) is 18.9 Å². The minimum atomic E-state index is 0.483. The Bertz CT molecular complexity index is 287. The van der Waals surface area contributed by atoms with Gasteiger partial charge in [-0.25, -0.2) is 0 Å². The van der Waals surface area contributed by atoms with Crippen molar-refractivity contribution < 1.29 is 9.47 Å². The second-order valence-corrected chi connectivity index (χ2v) is 3.03. The van der Waals surface area contributed by atoms with Gasteiger partial charge in [0.1, 0.15) is 11.5 Å². The lowest BCUT2D eigenvalue weighted by atomic mass is 10.2. The Morgan fingerprint density at radius 3 is 2.71 bits per heavy atom. The average Bonchev–Trinajstić information content (AvgIpc) is 2.25. The van der Waals surface area contributed by atoms with Crippen LogP contribution in [0, 0.1) is 0 Å². The van der Waals surface area contributed by atoms with Crippen molar-refractivity contribution in [1.29, 1.82) is 0 Å². The Morgan fingerprint density at radius 1 is 1.36 bits per heavy atom. The van der Waals surface area contributed by atoms with Crippen LogP contribution >= 0.6 is 0 Å². The van der Waals surface area contributed by atoms with Gasteiger partial charge in [-0.1, -0.05) is 13.0 Å². The molecule has 0 aliphatic heterocycles. The molecule has 0 saturated carbocycles. The zero-order valence-electron chi connectivity index (χ0n) is 8.75. The lowest BCUT2D eigenvalue weighted by Gasteiger charge is -2.09. The monoisotopic (exact) mass is 195 g/mol. The van der Waals surface area contributed by atoms with E-state index in [1.807, 2.05) is 18.2 Å². The Kier molecular flexibility index (Phi) is 4.26. The number of benzene rings is 1. The van der Waals surface area contributed by atoms with E-state index in [4.69, 9.17) is 15.2 Å². The lowest BCUT2D eigenvalue weighted by molar-refractivity contribution is 0.314. The van der Waals surface area contributed by atoms with E-state index in [0.29, 0.717) is 6.54 Å². The fourth-order valence-electron chi connectivity index (χ4n) is 1.20. The molecule has 0 radical (unpaired) electrons. The maximum absolute atomic E-state index is 5.56. The van der Waals surface area contributed by atoms with Gasteiger partial charge in [0.05, 0.1) is 13.7 Å². The molecule has 3 heteroatoms. The van der Waals surface area contributed by atoms with E-state index in [0.717, 1.165) is 30.1 Å². The Labute approximate surface area is 84.8 Å². The van der Waals surface area contributed by atoms with Gasteiger partial charge in [-0.2, -0.15) is 0 Å². The van der Waals surface area contributed by atoms with Crippen LogP contribution in [-0.2, 0) is 6.54 Å². The van der Waals surface area contributed by atoms with E-state index < -0.39 is 0 Å². The molecule has 0 fully saturated rings. The molecule has 0 saturated heterocycles. The second kappa shape index (κ2) is 5.50. The molecule has 3 nitrogen and oxygen atoms in total. The summed E-state index contributed by atoms with van der Waals surface area (Å²) in [4.78, 5) is 0. The van der Waals surface area contributed by atoms with Gasteiger partial charge < -0.3 is 15.2 Å². The van der Waals surface area contributed by atoms with Crippen LogP contribution in [0.15, 0.2) is 18.2 Å². The Morgan fingerprint density at radius 2 is 2.14 bits per heavy atom. The third-order valence-corrected chi connectivity index (χ3v) is 1.95. The second-order valence-electron chi connectivity index (χ2n) is 3.03. The number of nitrogens with two attached hydrogens (primary N) is 1. The first-order valence-corrected chi connectivity index (χ1v) is 4.81. The maximum Gasteiger partial charge on any atom is 0.127 e. The van der Waals surface area contributed by atoms with Crippen LogP contribution in [0.25, 0.3) is 0 Å². The van der Waals surface area contributed by atoms with E-state index in [-0.39, 0.29) is 0 Å². The fraction of sp³-hybridized carbons (Fsp3) is 0.455. The van der Waals surface area contributed by atoms with Gasteiger partial charge >= 0.3 is 0 Å². The third-order valence-electron chi connectivity index (χ3n) is 1.95. The van der Waals surface area contributed by atoms with Crippen molar-refractivity contribution in [2.75, 3.05) is 13.7 Å². The van der Waals surface area contributed by atoms with Crippen molar-refractivity contribution >= 4 is 0 Å². The van der Waals surface area contributed by atoms with Crippen molar-refractivity contribution in [3.05, 3.63) is 23.8 Å². The van der Waals surface area contributed by atoms with Gasteiger partial charge in [0.2, 0.25) is 0 Å². The highest BCUT2D eigenvalue weighted by atomic mass is 16.5. The topological polar surface area (TPSA) is 44.5 Å². The van der Waals surface area contributed by atoms with Crippen LogP contribution in [-0.4, -0.2) is 13.7 Å². The van der Waals surface area contributed by atoms with Crippen molar-refractivity contribution in [3.8, 4) is 11.5 Å². The van der Waals surface area contributed by atoms with Gasteiger partial charge in [-0.15, -0.1) is 0 Å². The molecule has 1 rings (SSSR count). The molecule has 1 aromatic carbocycles. The first-order chi connectivity index (χ1) is 6.81. The molecule has 78 valence electrons. The predicted octanol–water partition coefficient (Wildman–Crippen LogP) is 1.94. The van der Waals surface area contributed by atoms with Crippen LogP contribution in [0.5, 0.6) is 11.5 Å². The van der Waals surface area contributed by atoms with E-state index in [1.54, 1.807) is 7.11 Å². The number of hydrogen-bond acceptors (Lipinski definition) is 3. The van der Waals surface area contributed by atoms with E-state index in [9.17, 15) is 0 Å². The first-order valence-electron chi connectivity index (χ1n) is 4.81. The van der Waals surface area contributed by atoms with Crippen LogP contribution in [0.2, 0.25) is 0 Å². The van der Waals surface area contributed by atoms with Gasteiger partial charge in [-0.3, -0.25) is 0 Å². The summed E-state index contributed by atoms with van der Waals surface area (Å²) in [6, 6.07) is 5.72. The quantitative estimate of drug-likeness (QED) is 0.781. The zero-order valence-corrected chi connectivity index (χ0v) is 8.75. The van der Waals surface area contributed by atoms with E-state index in [2.05, 4.69) is 6.92 Å². The number of methoxy groups -OCH3 is 1. The summed E-state index contributed by atoms with van der Waals surface area (Å²) in [5.41, 5.74) is 6.55. The van der Waals surface area contributed by atoms with Crippen LogP contribution in [0.3, 0.4) is 0 Å². The molecule has 0 amide bonds. The van der Waals surface area contributed by atoms with Crippen molar-refractivity contribution in [2.45, 2.75) is 19.9 Å². The van der Waals surface area contributed by atoms with E-state index >= 15 is 0 Å². The maximum atomic E-state index is 5.56. The average molecular weight is 195 g/mol. The highest BCUT2D eigenvalue weighted by Crippen LogP contribution is 2.24. The molecule has 0 bridgehead atoms. The molecule has 1 aromatic rings. The summed E-state index contributed by atoms with van der Waals surface area (Å²) >= 11 is 0. The van der Waals surface area contributed by atoms with Crippen molar-refractivity contribution in [2.24, 2.45) is 5.73 Å². The zero-order chi connectivity index (χ0) is 10.4. The smallest absolute Gasteiger partial charge is 0.127 e. The summed E-state index contributed by atoms with van der Waals surface area (Å²) < 4.78 is 10.7. The molecule has 2 N–H and O–H groups in total. The normalized spacial score (nSPS) is 9.93. The highest BCUT2D eigenvalue weighted by molar-refractivity contribution is 5.40. The summed E-state index contributed by atoms with van der Waals surface area (Å²) in [5.74, 6) is 1.63. The molecule has 0 aromatic heterocycles. The third kappa shape index (κ3) is 2.64. The SMILES string of the molecule is CCCOc1ccc(CN)c(OC)c1. The molecule has 0 spiro atoms. The number of ether oxygens (including phenoxy) is 2. The minimum Gasteiger partial charge on any atom is -0.496 e. The van der Waals surface area contributed by atoms with Gasteiger partial charge in [0.15, 0.2) is 0 Å². The van der Waals surface area contributed by atoms with Gasteiger partial charge in [0, 0.05) is 18.2 Å². The standard InChI is InChI=1S/C11H17NO2/c1-3-6-14-10-5-4-9(8-12)11(7-10)13-2/h4-5,7H,3,6,8,12H2,1-2H3. The molecule has 0 atom stereocenters. The summed E-state index contributed by atoms with van der Waals surface area (Å²) in [6.45, 7) is 3.29. The fourth-order valence-corrected chi connectivity index (χ4v) is 1.20. The Hall–Kier alpha value is -1.22. The molecule has 14 heavy (non-hydrogen) atoms. The summed E-state index contributed by atoms with van der Waals surface area (Å²) in [6.07, 6.45) is 1.00. The lowest BCUT2D eigenvalue weighted by Crippen LogP contribution is -2.01. The molecule has 0 aliphatic carbocycles. The molecule has 0 unspecified atom stereocenters. The first kappa shape index (κ1) is 10.9. The molecule has 0 aliphatic rings. The summed E-state index contributed by atoms with van der Waals surface area (Å²) in [7, 11) is 1.64. The number of rotatable bonds is 5. The molecule has 0 heterocycles. The molecular formula is C11H17NO2. The van der Waals surface area contributed by atoms with Crippen LogP contribution in [0.4, 0.5) is 0 Å². The minimum absolute atomic E-state index is 0.483. The van der Waals surface area contributed by atoms with E-state index in [1.165, 1.54) is 0 Å². The van der Waals surface area contributed by atoms with Crippen molar-refractivity contribution in [1.82, 2.24) is 0 Å². The van der Waals surface area contributed by atoms with Crippen molar-refractivity contribution in [3.63, 3.8) is 0 Å². The molecular weight excluding hydrogens is 178 g/mol. The predicted molar refractivity (Wildman–Crippen MR) is 56.7 cm³/mol. The summed E-state index contributed by atoms with van der Waals surface area (Å²) in [5, 5.41) is 0. The van der Waals surface area contributed by atoms with Gasteiger partial charge in [-0.05, 0) is 12.5 Å². The Balaban J connectivity index is 2.79. The number of hydrogen-bond donors (Lipinski definition) is 1. The van der Waals surface area contributed by atoms with Crippen LogP contribution < -0.4 is 15.2 Å². The highest BCUT2D eigenvalue weighted by Gasteiger charge is 2.02. The van der Waals surface area contributed by atoms with Gasteiger partial charge in [0.25, 0.3) is 0 Å². The largest absolute Gasteiger partial charge is 0.496 e.